The van der Waals surface area contributed by atoms with E-state index in [-0.39, 0.29) is 5.56 Å². The maximum atomic E-state index is 13.1. The number of hydrogen-bond donors (Lipinski definition) is 0. The van der Waals surface area contributed by atoms with Crippen molar-refractivity contribution in [3.8, 4) is 0 Å². The van der Waals surface area contributed by atoms with Crippen LogP contribution in [-0.2, 0) is 9.53 Å². The van der Waals surface area contributed by atoms with Crippen molar-refractivity contribution in [3.63, 3.8) is 0 Å². The van der Waals surface area contributed by atoms with Gasteiger partial charge in [-0.15, -0.1) is 0 Å². The average molecular weight is 238 g/mol. The van der Waals surface area contributed by atoms with Crippen LogP contribution in [0.2, 0.25) is 0 Å². The third-order valence-electron chi connectivity index (χ3n) is 2.39. The molecule has 0 fully saturated rings. The third-order valence-corrected chi connectivity index (χ3v) is 2.39. The van der Waals surface area contributed by atoms with Crippen LogP contribution in [0.1, 0.15) is 36.7 Å². The third kappa shape index (κ3) is 3.12. The van der Waals surface area contributed by atoms with Crippen LogP contribution in [0.4, 0.5) is 4.39 Å². The summed E-state index contributed by atoms with van der Waals surface area (Å²) in [4.78, 5) is 23.0. The highest BCUT2D eigenvalue weighted by molar-refractivity contribution is 6.03. The van der Waals surface area contributed by atoms with Gasteiger partial charge in [0.1, 0.15) is 5.82 Å². The van der Waals surface area contributed by atoms with Crippen LogP contribution in [0.15, 0.2) is 18.2 Å². The van der Waals surface area contributed by atoms with Gasteiger partial charge in [-0.3, -0.25) is 9.59 Å². The zero-order chi connectivity index (χ0) is 13.2. The molecule has 1 aromatic carbocycles. The normalized spacial score (nSPS) is 11.1. The molecule has 17 heavy (non-hydrogen) atoms. The molecule has 0 heterocycles. The molecule has 1 aromatic rings. The Labute approximate surface area is 99.6 Å². The topological polar surface area (TPSA) is 43.4 Å². The molecule has 0 spiro atoms. The Morgan fingerprint density at radius 3 is 2.41 bits per heavy atom. The molecule has 0 unspecified atom stereocenters. The van der Waals surface area contributed by atoms with Crippen molar-refractivity contribution in [2.24, 2.45) is 0 Å². The van der Waals surface area contributed by atoms with Crippen molar-refractivity contribution in [1.82, 2.24) is 0 Å². The largest absolute Gasteiger partial charge is 0.451 e. The number of ketones is 1. The predicted octanol–water partition coefficient (Wildman–Crippen LogP) is 2.66. The van der Waals surface area contributed by atoms with Crippen molar-refractivity contribution in [2.45, 2.75) is 33.3 Å². The lowest BCUT2D eigenvalue weighted by Gasteiger charge is -2.23. The van der Waals surface area contributed by atoms with E-state index in [9.17, 15) is 14.0 Å². The number of hydrogen-bond acceptors (Lipinski definition) is 3. The lowest BCUT2D eigenvalue weighted by molar-refractivity contribution is -0.149. The first kappa shape index (κ1) is 13.4. The number of benzene rings is 1. The first-order valence-electron chi connectivity index (χ1n) is 5.24. The Morgan fingerprint density at radius 1 is 1.29 bits per heavy atom. The van der Waals surface area contributed by atoms with Gasteiger partial charge >= 0.3 is 5.97 Å². The first-order valence-corrected chi connectivity index (χ1v) is 5.24. The molecule has 0 aliphatic rings. The molecule has 0 amide bonds. The second kappa shape index (κ2) is 4.65. The summed E-state index contributed by atoms with van der Waals surface area (Å²) < 4.78 is 18.0. The van der Waals surface area contributed by atoms with Crippen molar-refractivity contribution in [2.75, 3.05) is 0 Å². The molecule has 0 atom stereocenters. The van der Waals surface area contributed by atoms with Gasteiger partial charge in [0.25, 0.3) is 0 Å². The molecule has 0 aliphatic carbocycles. The van der Waals surface area contributed by atoms with Crippen LogP contribution in [0.25, 0.3) is 0 Å². The van der Waals surface area contributed by atoms with E-state index < -0.39 is 23.2 Å². The predicted molar refractivity (Wildman–Crippen MR) is 61.3 cm³/mol. The summed E-state index contributed by atoms with van der Waals surface area (Å²) in [6.07, 6.45) is 0. The van der Waals surface area contributed by atoms with Gasteiger partial charge in [-0.1, -0.05) is 6.07 Å². The minimum atomic E-state index is -1.29. The highest BCUT2D eigenvalue weighted by Crippen LogP contribution is 2.21. The van der Waals surface area contributed by atoms with Crippen LogP contribution in [-0.4, -0.2) is 17.4 Å². The molecular formula is C13H15FO3. The summed E-state index contributed by atoms with van der Waals surface area (Å²) in [5.74, 6) is -1.44. The molecule has 4 heteroatoms. The quantitative estimate of drug-likeness (QED) is 0.600. The van der Waals surface area contributed by atoms with E-state index in [1.54, 1.807) is 6.92 Å². The van der Waals surface area contributed by atoms with E-state index in [1.165, 1.54) is 32.9 Å². The number of Topliss-reactive ketones (excluding diaryl/α,β-unsaturated/α-hetero) is 1. The van der Waals surface area contributed by atoms with Crippen molar-refractivity contribution in [3.05, 3.63) is 35.1 Å². The SMILES string of the molecule is CC(=O)OC(C)(C)C(=O)c1cc(F)ccc1C. The molecule has 92 valence electrons. The lowest BCUT2D eigenvalue weighted by atomic mass is 9.93. The van der Waals surface area contributed by atoms with E-state index in [0.717, 1.165) is 6.07 Å². The molecule has 0 saturated carbocycles. The van der Waals surface area contributed by atoms with Gasteiger partial charge < -0.3 is 4.74 Å². The van der Waals surface area contributed by atoms with Crippen LogP contribution in [0, 0.1) is 12.7 Å². The first-order chi connectivity index (χ1) is 7.74. The highest BCUT2D eigenvalue weighted by atomic mass is 19.1. The van der Waals surface area contributed by atoms with Crippen molar-refractivity contribution in [1.29, 1.82) is 0 Å². The van der Waals surface area contributed by atoms with E-state index in [1.807, 2.05) is 0 Å². The fraction of sp³-hybridized carbons (Fsp3) is 0.385. The molecule has 0 aliphatic heterocycles. The van der Waals surface area contributed by atoms with Gasteiger partial charge in [-0.2, -0.15) is 0 Å². The summed E-state index contributed by atoms with van der Waals surface area (Å²) in [7, 11) is 0. The molecule has 3 nitrogen and oxygen atoms in total. The molecule has 0 saturated heterocycles. The van der Waals surface area contributed by atoms with E-state index >= 15 is 0 Å². The molecule has 1 rings (SSSR count). The Bertz CT molecular complexity index is 464. The smallest absolute Gasteiger partial charge is 0.303 e. The van der Waals surface area contributed by atoms with Gasteiger partial charge in [0.2, 0.25) is 5.78 Å². The van der Waals surface area contributed by atoms with Crippen LogP contribution in [0.3, 0.4) is 0 Å². The summed E-state index contributed by atoms with van der Waals surface area (Å²) in [5.41, 5.74) is -0.405. The fourth-order valence-electron chi connectivity index (χ4n) is 1.57. The second-order valence-corrected chi connectivity index (χ2v) is 4.39. The standard InChI is InChI=1S/C13H15FO3/c1-8-5-6-10(14)7-11(8)12(16)13(3,4)17-9(2)15/h5-7H,1-4H3. The van der Waals surface area contributed by atoms with Gasteiger partial charge in [-0.25, -0.2) is 4.39 Å². The monoisotopic (exact) mass is 238 g/mol. The summed E-state index contributed by atoms with van der Waals surface area (Å²) in [6, 6.07) is 3.96. The Hall–Kier alpha value is -1.71. The summed E-state index contributed by atoms with van der Waals surface area (Å²) in [5, 5.41) is 0. The summed E-state index contributed by atoms with van der Waals surface area (Å²) in [6.45, 7) is 5.91. The Morgan fingerprint density at radius 2 is 1.88 bits per heavy atom. The minimum absolute atomic E-state index is 0.233. The van der Waals surface area contributed by atoms with Crippen LogP contribution < -0.4 is 0 Å². The van der Waals surface area contributed by atoms with Crippen molar-refractivity contribution >= 4 is 11.8 Å². The molecule has 0 radical (unpaired) electrons. The number of rotatable bonds is 3. The molecular weight excluding hydrogens is 223 g/mol. The second-order valence-electron chi connectivity index (χ2n) is 4.39. The lowest BCUT2D eigenvalue weighted by Crippen LogP contribution is -2.37. The van der Waals surface area contributed by atoms with Crippen molar-refractivity contribution < 1.29 is 18.7 Å². The van der Waals surface area contributed by atoms with E-state index in [0.29, 0.717) is 5.56 Å². The average Bonchev–Trinajstić information content (AvgIpc) is 2.18. The van der Waals surface area contributed by atoms with Gasteiger partial charge in [0.05, 0.1) is 0 Å². The van der Waals surface area contributed by atoms with Gasteiger partial charge in [0, 0.05) is 12.5 Å². The fourth-order valence-corrected chi connectivity index (χ4v) is 1.57. The Balaban J connectivity index is 3.11. The maximum Gasteiger partial charge on any atom is 0.303 e. The van der Waals surface area contributed by atoms with E-state index in [2.05, 4.69) is 0 Å². The summed E-state index contributed by atoms with van der Waals surface area (Å²) >= 11 is 0. The number of carbonyl (C=O) groups excluding carboxylic acids is 2. The Kier molecular flexibility index (Phi) is 3.66. The minimum Gasteiger partial charge on any atom is -0.451 e. The van der Waals surface area contributed by atoms with E-state index in [4.69, 9.17) is 4.74 Å². The maximum absolute atomic E-state index is 13.1. The molecule has 0 bridgehead atoms. The van der Waals surface area contributed by atoms with Gasteiger partial charge in [0.15, 0.2) is 5.60 Å². The number of carbonyl (C=O) groups is 2. The number of aryl methyl sites for hydroxylation is 1. The number of halogens is 1. The zero-order valence-corrected chi connectivity index (χ0v) is 10.3. The highest BCUT2D eigenvalue weighted by Gasteiger charge is 2.32. The van der Waals surface area contributed by atoms with Crippen LogP contribution in [0.5, 0.6) is 0 Å². The number of esters is 1. The molecule has 0 N–H and O–H groups in total. The molecule has 0 aromatic heterocycles. The van der Waals surface area contributed by atoms with Crippen LogP contribution >= 0.6 is 0 Å². The zero-order valence-electron chi connectivity index (χ0n) is 10.3. The van der Waals surface area contributed by atoms with Gasteiger partial charge in [-0.05, 0) is 38.5 Å². The number of ether oxygens (including phenoxy) is 1.